The number of hydrogen-bond donors (Lipinski definition) is 2. The molecule has 0 spiro atoms. The van der Waals surface area contributed by atoms with E-state index in [1.165, 1.54) is 12.8 Å². The van der Waals surface area contributed by atoms with Crippen molar-refractivity contribution >= 4 is 5.78 Å². The number of Topliss-reactive ketones (excluding diaryl/α,β-unsaturated/α-hetero) is 1. The number of carbonyl (C=O) groups is 1. The number of ketones is 1. The Morgan fingerprint density at radius 1 is 1.04 bits per heavy atom. The Balaban J connectivity index is 1.68. The van der Waals surface area contributed by atoms with E-state index in [1.54, 1.807) is 0 Å². The highest BCUT2D eigenvalue weighted by Gasteiger charge is 2.64. The molecular formula is C22H36O3. The molecule has 0 unspecified atom stereocenters. The Hall–Kier alpha value is -0.410. The first-order valence-electron chi connectivity index (χ1n) is 10.5. The first-order valence-corrected chi connectivity index (χ1v) is 10.5. The van der Waals surface area contributed by atoms with Gasteiger partial charge in [0.15, 0.2) is 0 Å². The predicted octanol–water partition coefficient (Wildman–Crippen LogP) is 3.96. The molecule has 8 atom stereocenters. The Morgan fingerprint density at radius 3 is 2.44 bits per heavy atom. The minimum absolute atomic E-state index is 0.0339. The van der Waals surface area contributed by atoms with Gasteiger partial charge in [0.2, 0.25) is 0 Å². The molecule has 3 nitrogen and oxygen atoms in total. The minimum atomic E-state index is -0.702. The number of aliphatic hydroxyl groups excluding tert-OH is 1. The molecule has 0 radical (unpaired) electrons. The first-order chi connectivity index (χ1) is 11.6. The summed E-state index contributed by atoms with van der Waals surface area (Å²) < 4.78 is 0. The zero-order valence-corrected chi connectivity index (χ0v) is 16.4. The molecule has 4 rings (SSSR count). The van der Waals surface area contributed by atoms with Gasteiger partial charge < -0.3 is 10.2 Å². The lowest BCUT2D eigenvalue weighted by Gasteiger charge is -2.60. The van der Waals surface area contributed by atoms with Crippen LogP contribution in [0.3, 0.4) is 0 Å². The topological polar surface area (TPSA) is 57.5 Å². The van der Waals surface area contributed by atoms with E-state index in [2.05, 4.69) is 13.8 Å². The van der Waals surface area contributed by atoms with Crippen LogP contribution < -0.4 is 0 Å². The fourth-order valence-electron chi connectivity index (χ4n) is 8.21. The van der Waals surface area contributed by atoms with E-state index >= 15 is 0 Å². The lowest BCUT2D eigenvalue weighted by atomic mass is 9.44. The molecule has 4 aliphatic carbocycles. The summed E-state index contributed by atoms with van der Waals surface area (Å²) in [6, 6.07) is 0. The number of aliphatic hydroxyl groups is 2. The maximum absolute atomic E-state index is 13.4. The Morgan fingerprint density at radius 2 is 1.76 bits per heavy atom. The van der Waals surface area contributed by atoms with Crippen molar-refractivity contribution in [3.05, 3.63) is 0 Å². The van der Waals surface area contributed by atoms with Gasteiger partial charge in [-0.1, -0.05) is 13.8 Å². The lowest BCUT2D eigenvalue weighted by molar-refractivity contribution is -0.166. The summed E-state index contributed by atoms with van der Waals surface area (Å²) in [7, 11) is 0. The molecule has 0 aliphatic heterocycles. The fraction of sp³-hybridized carbons (Fsp3) is 0.955. The van der Waals surface area contributed by atoms with Crippen LogP contribution >= 0.6 is 0 Å². The monoisotopic (exact) mass is 348 g/mol. The molecule has 0 aromatic rings. The summed E-state index contributed by atoms with van der Waals surface area (Å²) in [6.45, 7) is 8.51. The molecule has 0 bridgehead atoms. The number of carbonyl (C=O) groups excluding carboxylic acids is 1. The van der Waals surface area contributed by atoms with Crippen LogP contribution in [0.1, 0.15) is 79.1 Å². The molecule has 4 aliphatic rings. The smallest absolute Gasteiger partial charge is 0.137 e. The number of fused-ring (bicyclic) bond motifs is 5. The third-order valence-electron chi connectivity index (χ3n) is 9.17. The largest absolute Gasteiger partial charge is 0.393 e. The van der Waals surface area contributed by atoms with Crippen LogP contribution in [0, 0.1) is 40.4 Å². The highest BCUT2D eigenvalue weighted by atomic mass is 16.3. The molecule has 0 heterocycles. The SMILES string of the molecule is CC(C)(O)[C@H]1CC[C@H]2[C@@H]3CC[C@@H]4C[C@H](O)CC[C@]4(C)[C@H]3C(=O)C[C@]12C. The van der Waals surface area contributed by atoms with Crippen LogP contribution in [0.4, 0.5) is 0 Å². The van der Waals surface area contributed by atoms with E-state index in [4.69, 9.17) is 0 Å². The zero-order chi connectivity index (χ0) is 18.2. The van der Waals surface area contributed by atoms with Crippen molar-refractivity contribution in [3.8, 4) is 0 Å². The van der Waals surface area contributed by atoms with Crippen LogP contribution in [-0.2, 0) is 4.79 Å². The van der Waals surface area contributed by atoms with E-state index in [-0.39, 0.29) is 28.8 Å². The average Bonchev–Trinajstić information content (AvgIpc) is 2.84. The van der Waals surface area contributed by atoms with Crippen molar-refractivity contribution < 1.29 is 15.0 Å². The molecule has 0 saturated heterocycles. The summed E-state index contributed by atoms with van der Waals surface area (Å²) in [4.78, 5) is 13.4. The summed E-state index contributed by atoms with van der Waals surface area (Å²) in [5, 5.41) is 20.9. The van der Waals surface area contributed by atoms with E-state index in [0.29, 0.717) is 30.0 Å². The van der Waals surface area contributed by atoms with E-state index in [1.807, 2.05) is 13.8 Å². The molecule has 0 aromatic carbocycles. The van der Waals surface area contributed by atoms with Crippen LogP contribution in [0.2, 0.25) is 0 Å². The van der Waals surface area contributed by atoms with Crippen molar-refractivity contribution in [1.29, 1.82) is 0 Å². The second-order valence-electron chi connectivity index (χ2n) is 10.9. The van der Waals surface area contributed by atoms with Crippen LogP contribution in [0.15, 0.2) is 0 Å². The zero-order valence-electron chi connectivity index (χ0n) is 16.4. The van der Waals surface area contributed by atoms with Gasteiger partial charge in [-0.2, -0.15) is 0 Å². The van der Waals surface area contributed by atoms with Gasteiger partial charge in [-0.05, 0) is 93.3 Å². The predicted molar refractivity (Wildman–Crippen MR) is 97.9 cm³/mol. The lowest BCUT2D eigenvalue weighted by Crippen LogP contribution is -2.58. The summed E-state index contributed by atoms with van der Waals surface area (Å²) >= 11 is 0. The highest BCUT2D eigenvalue weighted by molar-refractivity contribution is 5.84. The molecule has 25 heavy (non-hydrogen) atoms. The average molecular weight is 349 g/mol. The van der Waals surface area contributed by atoms with Gasteiger partial charge in [0.1, 0.15) is 5.78 Å². The molecule has 0 amide bonds. The Kier molecular flexibility index (Phi) is 3.99. The Bertz CT molecular complexity index is 564. The molecule has 0 aromatic heterocycles. The van der Waals surface area contributed by atoms with Gasteiger partial charge in [0, 0.05) is 12.3 Å². The second-order valence-corrected chi connectivity index (χ2v) is 10.9. The van der Waals surface area contributed by atoms with Crippen molar-refractivity contribution in [2.75, 3.05) is 0 Å². The van der Waals surface area contributed by atoms with Gasteiger partial charge in [0.05, 0.1) is 11.7 Å². The first kappa shape index (κ1) is 18.0. The van der Waals surface area contributed by atoms with Gasteiger partial charge in [0.25, 0.3) is 0 Å². The highest BCUT2D eigenvalue weighted by Crippen LogP contribution is 2.67. The molecule has 4 saturated carbocycles. The van der Waals surface area contributed by atoms with Crippen LogP contribution in [-0.4, -0.2) is 27.7 Å². The third kappa shape index (κ3) is 2.48. The van der Waals surface area contributed by atoms with Crippen molar-refractivity contribution in [2.24, 2.45) is 40.4 Å². The van der Waals surface area contributed by atoms with Gasteiger partial charge >= 0.3 is 0 Å². The normalized spacial score (nSPS) is 53.1. The van der Waals surface area contributed by atoms with Gasteiger partial charge in [-0.15, -0.1) is 0 Å². The summed E-state index contributed by atoms with van der Waals surface area (Å²) in [6.07, 6.45) is 7.78. The van der Waals surface area contributed by atoms with Gasteiger partial charge in [-0.3, -0.25) is 4.79 Å². The molecule has 2 N–H and O–H groups in total. The Labute approximate surface area is 152 Å². The van der Waals surface area contributed by atoms with Crippen molar-refractivity contribution in [3.63, 3.8) is 0 Å². The molecule has 142 valence electrons. The molecule has 4 fully saturated rings. The number of rotatable bonds is 1. The summed E-state index contributed by atoms with van der Waals surface area (Å²) in [5.41, 5.74) is -0.645. The van der Waals surface area contributed by atoms with Crippen molar-refractivity contribution in [2.45, 2.75) is 90.8 Å². The van der Waals surface area contributed by atoms with E-state index in [0.717, 1.165) is 32.1 Å². The van der Waals surface area contributed by atoms with Gasteiger partial charge in [-0.25, -0.2) is 0 Å². The van der Waals surface area contributed by atoms with Crippen LogP contribution in [0.25, 0.3) is 0 Å². The van der Waals surface area contributed by atoms with Crippen LogP contribution in [0.5, 0.6) is 0 Å². The fourth-order valence-corrected chi connectivity index (χ4v) is 8.21. The standard InChI is InChI=1S/C22H36O3/c1-20(2,25)18-8-7-16-15-6-5-13-11-14(23)9-10-21(13,3)19(15)17(24)12-22(16,18)4/h13-16,18-19,23,25H,5-12H2,1-4H3/t13-,14-,15+,16+,18-,19-,21+,22+/m1/s1. The van der Waals surface area contributed by atoms with E-state index in [9.17, 15) is 15.0 Å². The quantitative estimate of drug-likeness (QED) is 0.754. The van der Waals surface area contributed by atoms with E-state index < -0.39 is 5.60 Å². The van der Waals surface area contributed by atoms with Crippen molar-refractivity contribution in [1.82, 2.24) is 0 Å². The second kappa shape index (κ2) is 5.55. The maximum atomic E-state index is 13.4. The third-order valence-corrected chi connectivity index (χ3v) is 9.17. The summed E-state index contributed by atoms with van der Waals surface area (Å²) in [5.74, 6) is 2.47. The minimum Gasteiger partial charge on any atom is -0.393 e. The molecular weight excluding hydrogens is 312 g/mol. The molecule has 3 heteroatoms. The number of hydrogen-bond acceptors (Lipinski definition) is 3. The maximum Gasteiger partial charge on any atom is 0.137 e.